The molecule has 1 spiro atoms. The number of carbonyl (C=O) groups excluding carboxylic acids is 1. The molecule has 5 heteroatoms. The highest BCUT2D eigenvalue weighted by atomic mass is 35.5. The number of fused-ring (bicyclic) bond motifs is 2. The second-order valence-electron chi connectivity index (χ2n) is 4.35. The molecule has 16 heavy (non-hydrogen) atoms. The summed E-state index contributed by atoms with van der Waals surface area (Å²) in [7, 11) is 0. The van der Waals surface area contributed by atoms with Crippen molar-refractivity contribution in [3.05, 3.63) is 28.5 Å². The Morgan fingerprint density at radius 3 is 2.94 bits per heavy atom. The molecule has 4 nitrogen and oxygen atoms in total. The first kappa shape index (κ1) is 10.1. The van der Waals surface area contributed by atoms with Crippen LogP contribution in [0.1, 0.15) is 24.1 Å². The SMILES string of the molecule is CC1C(=O)NC2(COC2)c2ccc(Cl)nc21. The Morgan fingerprint density at radius 1 is 1.56 bits per heavy atom. The maximum atomic E-state index is 11.8. The molecule has 3 heterocycles. The molecule has 1 N–H and O–H groups in total. The molecule has 1 unspecified atom stereocenters. The minimum absolute atomic E-state index is 0.00873. The van der Waals surface area contributed by atoms with Gasteiger partial charge in [0.2, 0.25) is 5.91 Å². The summed E-state index contributed by atoms with van der Waals surface area (Å²) in [5, 5.41) is 3.43. The summed E-state index contributed by atoms with van der Waals surface area (Å²) in [5.41, 5.74) is 1.45. The van der Waals surface area contributed by atoms with E-state index in [4.69, 9.17) is 16.3 Å². The molecule has 2 aliphatic rings. The molecule has 1 aromatic heterocycles. The first-order valence-electron chi connectivity index (χ1n) is 5.19. The number of hydrogen-bond acceptors (Lipinski definition) is 3. The van der Waals surface area contributed by atoms with Gasteiger partial charge in [-0.05, 0) is 13.0 Å². The summed E-state index contributed by atoms with van der Waals surface area (Å²) in [6, 6.07) is 3.69. The summed E-state index contributed by atoms with van der Waals surface area (Å²) >= 11 is 5.87. The zero-order valence-electron chi connectivity index (χ0n) is 8.79. The van der Waals surface area contributed by atoms with Crippen molar-refractivity contribution in [3.8, 4) is 0 Å². The number of amides is 1. The smallest absolute Gasteiger partial charge is 0.229 e. The van der Waals surface area contributed by atoms with Gasteiger partial charge in [-0.25, -0.2) is 4.98 Å². The van der Waals surface area contributed by atoms with Crippen molar-refractivity contribution in [3.63, 3.8) is 0 Å². The highest BCUT2D eigenvalue weighted by molar-refractivity contribution is 6.29. The fourth-order valence-electron chi connectivity index (χ4n) is 2.25. The predicted octanol–water partition coefficient (Wildman–Crippen LogP) is 1.19. The number of halogens is 1. The van der Waals surface area contributed by atoms with Gasteiger partial charge < -0.3 is 10.1 Å². The lowest BCUT2D eigenvalue weighted by Gasteiger charge is -2.46. The first-order valence-corrected chi connectivity index (χ1v) is 5.57. The van der Waals surface area contributed by atoms with Crippen LogP contribution in [-0.2, 0) is 15.1 Å². The van der Waals surface area contributed by atoms with Gasteiger partial charge in [-0.3, -0.25) is 4.79 Å². The van der Waals surface area contributed by atoms with Crippen molar-refractivity contribution in [1.82, 2.24) is 10.3 Å². The molecule has 1 saturated heterocycles. The van der Waals surface area contributed by atoms with Gasteiger partial charge in [0.25, 0.3) is 0 Å². The Balaban J connectivity index is 2.18. The third-order valence-electron chi connectivity index (χ3n) is 3.27. The quantitative estimate of drug-likeness (QED) is 0.691. The number of rotatable bonds is 0. The van der Waals surface area contributed by atoms with Gasteiger partial charge >= 0.3 is 0 Å². The highest BCUT2D eigenvalue weighted by Crippen LogP contribution is 2.38. The topological polar surface area (TPSA) is 51.2 Å². The van der Waals surface area contributed by atoms with E-state index in [1.54, 1.807) is 6.07 Å². The summed E-state index contributed by atoms with van der Waals surface area (Å²) in [6.07, 6.45) is 0. The Labute approximate surface area is 98.0 Å². The lowest BCUT2D eigenvalue weighted by molar-refractivity contribution is -0.137. The van der Waals surface area contributed by atoms with E-state index in [2.05, 4.69) is 10.3 Å². The van der Waals surface area contributed by atoms with Crippen molar-refractivity contribution >= 4 is 17.5 Å². The number of ether oxygens (including phenoxy) is 1. The Bertz CT molecular complexity index is 471. The monoisotopic (exact) mass is 238 g/mol. The van der Waals surface area contributed by atoms with Gasteiger partial charge in [0, 0.05) is 5.56 Å². The fraction of sp³-hybridized carbons (Fsp3) is 0.455. The van der Waals surface area contributed by atoms with E-state index in [0.29, 0.717) is 18.4 Å². The molecule has 2 aliphatic heterocycles. The highest BCUT2D eigenvalue weighted by Gasteiger charge is 2.48. The third kappa shape index (κ3) is 1.20. The lowest BCUT2D eigenvalue weighted by atomic mass is 9.80. The molecule has 0 saturated carbocycles. The van der Waals surface area contributed by atoms with Gasteiger partial charge in [-0.15, -0.1) is 0 Å². The van der Waals surface area contributed by atoms with Crippen LogP contribution in [0.15, 0.2) is 12.1 Å². The van der Waals surface area contributed by atoms with Crippen LogP contribution in [0.25, 0.3) is 0 Å². The average Bonchev–Trinajstić information content (AvgIpc) is 2.21. The van der Waals surface area contributed by atoms with E-state index < -0.39 is 0 Å². The number of hydrogen-bond donors (Lipinski definition) is 1. The van der Waals surface area contributed by atoms with E-state index in [-0.39, 0.29) is 17.4 Å². The average molecular weight is 239 g/mol. The zero-order valence-corrected chi connectivity index (χ0v) is 9.54. The largest absolute Gasteiger partial charge is 0.376 e. The molecule has 84 valence electrons. The summed E-state index contributed by atoms with van der Waals surface area (Å²) in [5.74, 6) is -0.259. The van der Waals surface area contributed by atoms with Gasteiger partial charge in [0.05, 0.1) is 24.8 Å². The van der Waals surface area contributed by atoms with Crippen LogP contribution in [0.5, 0.6) is 0 Å². The second kappa shape index (κ2) is 3.18. The molecule has 1 aromatic rings. The van der Waals surface area contributed by atoms with Crippen molar-refractivity contribution in [1.29, 1.82) is 0 Å². The Hall–Kier alpha value is -1.13. The fourth-order valence-corrected chi connectivity index (χ4v) is 2.41. The van der Waals surface area contributed by atoms with Gasteiger partial charge in [0.15, 0.2) is 0 Å². The second-order valence-corrected chi connectivity index (χ2v) is 4.74. The van der Waals surface area contributed by atoms with Crippen LogP contribution in [0.4, 0.5) is 0 Å². The lowest BCUT2D eigenvalue weighted by Crippen LogP contribution is -2.63. The Kier molecular flexibility index (Phi) is 2.00. The molecule has 0 aliphatic carbocycles. The van der Waals surface area contributed by atoms with Crippen LogP contribution in [-0.4, -0.2) is 24.1 Å². The van der Waals surface area contributed by atoms with Crippen LogP contribution in [0.2, 0.25) is 5.15 Å². The standard InChI is InChI=1S/C11H11ClN2O2/c1-6-9-7(2-3-8(12)13-9)11(4-16-5-11)14-10(6)15/h2-3,6H,4-5H2,1H3,(H,14,15). The summed E-state index contributed by atoms with van der Waals surface area (Å²) < 4.78 is 5.21. The molecule has 0 aromatic carbocycles. The Morgan fingerprint density at radius 2 is 2.31 bits per heavy atom. The molecular formula is C11H11ClN2O2. The molecule has 1 atom stereocenters. The van der Waals surface area contributed by atoms with Gasteiger partial charge in [-0.1, -0.05) is 17.7 Å². The third-order valence-corrected chi connectivity index (χ3v) is 3.48. The normalized spacial score (nSPS) is 25.9. The molecule has 1 fully saturated rings. The van der Waals surface area contributed by atoms with E-state index in [1.165, 1.54) is 0 Å². The molecular weight excluding hydrogens is 228 g/mol. The van der Waals surface area contributed by atoms with E-state index in [1.807, 2.05) is 13.0 Å². The predicted molar refractivity (Wildman–Crippen MR) is 58.3 cm³/mol. The molecule has 3 rings (SSSR count). The van der Waals surface area contributed by atoms with E-state index in [0.717, 1.165) is 11.3 Å². The molecule has 0 radical (unpaired) electrons. The summed E-state index contributed by atoms with van der Waals surface area (Å²) in [4.78, 5) is 16.1. The number of nitrogens with zero attached hydrogens (tertiary/aromatic N) is 1. The van der Waals surface area contributed by atoms with E-state index in [9.17, 15) is 4.79 Å². The number of aromatic nitrogens is 1. The number of carbonyl (C=O) groups is 1. The molecule has 0 bridgehead atoms. The zero-order chi connectivity index (χ0) is 11.3. The van der Waals surface area contributed by atoms with Gasteiger partial charge in [-0.2, -0.15) is 0 Å². The van der Waals surface area contributed by atoms with Crippen molar-refractivity contribution in [2.75, 3.05) is 13.2 Å². The number of pyridine rings is 1. The van der Waals surface area contributed by atoms with Crippen LogP contribution < -0.4 is 5.32 Å². The van der Waals surface area contributed by atoms with Crippen molar-refractivity contribution < 1.29 is 9.53 Å². The number of nitrogens with one attached hydrogen (secondary N) is 1. The first-order chi connectivity index (χ1) is 7.62. The van der Waals surface area contributed by atoms with Crippen LogP contribution in [0.3, 0.4) is 0 Å². The maximum Gasteiger partial charge on any atom is 0.229 e. The minimum Gasteiger partial charge on any atom is -0.376 e. The van der Waals surface area contributed by atoms with Crippen molar-refractivity contribution in [2.24, 2.45) is 0 Å². The summed E-state index contributed by atoms with van der Waals surface area (Å²) in [6.45, 7) is 2.87. The van der Waals surface area contributed by atoms with E-state index >= 15 is 0 Å². The van der Waals surface area contributed by atoms with Gasteiger partial charge in [0.1, 0.15) is 10.7 Å². The maximum absolute atomic E-state index is 11.8. The minimum atomic E-state index is -0.365. The van der Waals surface area contributed by atoms with Crippen LogP contribution >= 0.6 is 11.6 Å². The van der Waals surface area contributed by atoms with Crippen molar-refractivity contribution in [2.45, 2.75) is 18.4 Å². The molecule has 1 amide bonds. The van der Waals surface area contributed by atoms with Crippen LogP contribution in [0, 0.1) is 0 Å².